The molecule has 1 aromatic rings. The summed E-state index contributed by atoms with van der Waals surface area (Å²) in [6.45, 7) is 10.3. The van der Waals surface area contributed by atoms with E-state index in [9.17, 15) is 9.59 Å². The average molecular weight is 473 g/mol. The van der Waals surface area contributed by atoms with Gasteiger partial charge < -0.3 is 19.1 Å². The Morgan fingerprint density at radius 3 is 2.82 bits per heavy atom. The highest BCUT2D eigenvalue weighted by molar-refractivity contribution is 6.29. The first-order chi connectivity index (χ1) is 15.8. The van der Waals surface area contributed by atoms with E-state index in [1.807, 2.05) is 0 Å². The van der Waals surface area contributed by atoms with E-state index in [2.05, 4.69) is 18.1 Å². The van der Waals surface area contributed by atoms with Crippen LogP contribution in [0.2, 0.25) is 5.15 Å². The van der Waals surface area contributed by atoms with E-state index in [1.54, 1.807) is 42.3 Å². The lowest BCUT2D eigenvalue weighted by Gasteiger charge is -2.35. The highest BCUT2D eigenvalue weighted by Crippen LogP contribution is 2.37. The van der Waals surface area contributed by atoms with Crippen LogP contribution in [0.5, 0.6) is 0 Å². The lowest BCUT2D eigenvalue weighted by Crippen LogP contribution is -2.42. The second-order valence-corrected chi connectivity index (χ2v) is 8.33. The number of ether oxygens (including phenoxy) is 3. The van der Waals surface area contributed by atoms with Crippen LogP contribution in [0.4, 0.5) is 0 Å². The van der Waals surface area contributed by atoms with Crippen molar-refractivity contribution in [2.24, 2.45) is 0 Å². The molecule has 3 heterocycles. The molecule has 0 unspecified atom stereocenters. The molecule has 2 aliphatic heterocycles. The summed E-state index contributed by atoms with van der Waals surface area (Å²) in [4.78, 5) is 32.2. The number of pyridine rings is 1. The van der Waals surface area contributed by atoms with Crippen LogP contribution in [0.25, 0.3) is 0 Å². The molecule has 0 bridgehead atoms. The predicted molar refractivity (Wildman–Crippen MR) is 125 cm³/mol. The van der Waals surface area contributed by atoms with E-state index in [1.165, 1.54) is 7.11 Å². The standard InChI is InChI=1S/C25H29ClN2O5/c1-5-7-19(17(3)31-4)15-33-25(30)24-16(2)28(14-20-8-6-11-32-20)23(29)12-21(24)18-9-10-22(26)27-13-18/h5,7,9-10,13,20-21H,1,3,6,8,11-12,14-15H2,2,4H3/b19-7-/t20-,21-/m1/s1. The molecule has 0 aromatic carbocycles. The van der Waals surface area contributed by atoms with E-state index >= 15 is 0 Å². The van der Waals surface area contributed by atoms with Crippen LogP contribution in [-0.4, -0.2) is 54.7 Å². The molecular weight excluding hydrogens is 444 g/mol. The molecule has 2 atom stereocenters. The summed E-state index contributed by atoms with van der Waals surface area (Å²) in [6.07, 6.45) is 6.77. The van der Waals surface area contributed by atoms with Crippen LogP contribution in [0.15, 0.2) is 66.2 Å². The molecule has 1 fully saturated rings. The highest BCUT2D eigenvalue weighted by atomic mass is 35.5. The van der Waals surface area contributed by atoms with Gasteiger partial charge in [0.25, 0.3) is 0 Å². The number of carbonyl (C=O) groups is 2. The van der Waals surface area contributed by atoms with Gasteiger partial charge >= 0.3 is 5.97 Å². The van der Waals surface area contributed by atoms with E-state index < -0.39 is 11.9 Å². The molecule has 33 heavy (non-hydrogen) atoms. The number of halogens is 1. The Morgan fingerprint density at radius 1 is 1.42 bits per heavy atom. The van der Waals surface area contributed by atoms with Crippen LogP contribution in [0.3, 0.4) is 0 Å². The van der Waals surface area contributed by atoms with Gasteiger partial charge in [0.2, 0.25) is 5.91 Å². The van der Waals surface area contributed by atoms with Crippen molar-refractivity contribution in [2.45, 2.75) is 38.2 Å². The fourth-order valence-corrected chi connectivity index (χ4v) is 4.20. The molecule has 3 rings (SSSR count). The van der Waals surface area contributed by atoms with Gasteiger partial charge in [-0.05, 0) is 31.4 Å². The third-order valence-electron chi connectivity index (χ3n) is 5.89. The Labute approximate surface area is 199 Å². The number of rotatable bonds is 9. The molecule has 1 saturated heterocycles. The molecule has 8 heteroatoms. The van der Waals surface area contributed by atoms with Crippen LogP contribution in [0.1, 0.15) is 37.7 Å². The second kappa shape index (κ2) is 11.3. The molecule has 0 radical (unpaired) electrons. The zero-order valence-corrected chi connectivity index (χ0v) is 19.8. The molecule has 0 saturated carbocycles. The zero-order valence-electron chi connectivity index (χ0n) is 19.0. The molecular formula is C25H29ClN2O5. The van der Waals surface area contributed by atoms with Crippen LogP contribution in [0, 0.1) is 0 Å². The molecule has 1 amide bonds. The quantitative estimate of drug-likeness (QED) is 0.230. The summed E-state index contributed by atoms with van der Waals surface area (Å²) < 4.78 is 16.5. The number of esters is 1. The van der Waals surface area contributed by atoms with Crippen molar-refractivity contribution in [3.63, 3.8) is 0 Å². The Balaban J connectivity index is 1.92. The lowest BCUT2D eigenvalue weighted by atomic mass is 9.84. The first-order valence-corrected chi connectivity index (χ1v) is 11.2. The molecule has 1 aromatic heterocycles. The van der Waals surface area contributed by atoms with Crippen LogP contribution >= 0.6 is 11.6 Å². The lowest BCUT2D eigenvalue weighted by molar-refractivity contribution is -0.139. The van der Waals surface area contributed by atoms with Crippen molar-refractivity contribution in [3.8, 4) is 0 Å². The summed E-state index contributed by atoms with van der Waals surface area (Å²) in [6, 6.07) is 3.42. The highest BCUT2D eigenvalue weighted by Gasteiger charge is 2.38. The van der Waals surface area contributed by atoms with Crippen LogP contribution in [-0.2, 0) is 23.8 Å². The van der Waals surface area contributed by atoms with Gasteiger partial charge in [-0.3, -0.25) is 4.79 Å². The molecule has 0 spiro atoms. The first-order valence-electron chi connectivity index (χ1n) is 10.8. The Kier molecular flexibility index (Phi) is 8.47. The van der Waals surface area contributed by atoms with Gasteiger partial charge in [-0.2, -0.15) is 0 Å². The number of hydrogen-bond acceptors (Lipinski definition) is 6. The molecule has 176 valence electrons. The van der Waals surface area contributed by atoms with Gasteiger partial charge in [0.1, 0.15) is 17.5 Å². The third kappa shape index (κ3) is 5.92. The first kappa shape index (κ1) is 24.7. The zero-order chi connectivity index (χ0) is 24.0. The molecule has 2 aliphatic rings. The maximum Gasteiger partial charge on any atom is 0.336 e. The monoisotopic (exact) mass is 472 g/mol. The number of aromatic nitrogens is 1. The van der Waals surface area contributed by atoms with Crippen molar-refractivity contribution in [3.05, 3.63) is 77.0 Å². The van der Waals surface area contributed by atoms with E-state index in [4.69, 9.17) is 25.8 Å². The second-order valence-electron chi connectivity index (χ2n) is 7.94. The summed E-state index contributed by atoms with van der Waals surface area (Å²) in [7, 11) is 1.49. The van der Waals surface area contributed by atoms with E-state index in [-0.39, 0.29) is 25.0 Å². The largest absolute Gasteiger partial charge is 0.497 e. The van der Waals surface area contributed by atoms with Gasteiger partial charge in [-0.15, -0.1) is 0 Å². The minimum Gasteiger partial charge on any atom is -0.497 e. The van der Waals surface area contributed by atoms with Gasteiger partial charge in [0, 0.05) is 36.4 Å². The summed E-state index contributed by atoms with van der Waals surface area (Å²) >= 11 is 5.94. The van der Waals surface area contributed by atoms with Gasteiger partial charge in [-0.1, -0.05) is 43.0 Å². The average Bonchev–Trinajstić information content (AvgIpc) is 3.32. The number of allylic oxidation sites excluding steroid dienone is 3. The number of hydrogen-bond donors (Lipinski definition) is 0. The van der Waals surface area contributed by atoms with Gasteiger partial charge in [0.15, 0.2) is 0 Å². The number of amides is 1. The predicted octanol–water partition coefficient (Wildman–Crippen LogP) is 4.32. The van der Waals surface area contributed by atoms with Crippen molar-refractivity contribution in [2.75, 3.05) is 26.9 Å². The maximum absolute atomic E-state index is 13.3. The topological polar surface area (TPSA) is 78.0 Å². The minimum absolute atomic E-state index is 0.0397. The fraction of sp³-hybridized carbons (Fsp3) is 0.400. The molecule has 0 N–H and O–H groups in total. The smallest absolute Gasteiger partial charge is 0.336 e. The number of methoxy groups -OCH3 is 1. The summed E-state index contributed by atoms with van der Waals surface area (Å²) in [5.74, 6) is -0.700. The normalized spacial score (nSPS) is 21.2. The molecule has 0 aliphatic carbocycles. The van der Waals surface area contributed by atoms with Crippen molar-refractivity contribution < 1.29 is 23.8 Å². The van der Waals surface area contributed by atoms with E-state index in [0.29, 0.717) is 40.9 Å². The Hall–Kier alpha value is -2.90. The van der Waals surface area contributed by atoms with Gasteiger partial charge in [-0.25, -0.2) is 9.78 Å². The Bertz CT molecular complexity index is 977. The number of nitrogens with zero attached hydrogens (tertiary/aromatic N) is 2. The molecule has 7 nitrogen and oxygen atoms in total. The SMILES string of the molecule is C=C/C=C(/COC(=O)C1=C(C)N(C[C@H]2CCCO2)C(=O)C[C@@H]1c1ccc(Cl)nc1)C(=C)OC. The van der Waals surface area contributed by atoms with Crippen molar-refractivity contribution >= 4 is 23.5 Å². The van der Waals surface area contributed by atoms with Crippen LogP contribution < -0.4 is 0 Å². The van der Waals surface area contributed by atoms with Crippen molar-refractivity contribution in [1.82, 2.24) is 9.88 Å². The number of carbonyl (C=O) groups excluding carboxylic acids is 2. The summed E-state index contributed by atoms with van der Waals surface area (Å²) in [5.41, 5.74) is 2.29. The minimum atomic E-state index is -0.517. The van der Waals surface area contributed by atoms with Crippen molar-refractivity contribution in [1.29, 1.82) is 0 Å². The fourth-order valence-electron chi connectivity index (χ4n) is 4.09. The van der Waals surface area contributed by atoms with E-state index in [0.717, 1.165) is 18.4 Å². The summed E-state index contributed by atoms with van der Waals surface area (Å²) in [5, 5.41) is 0.336. The van der Waals surface area contributed by atoms with Gasteiger partial charge in [0.05, 0.1) is 25.3 Å². The maximum atomic E-state index is 13.3. The Morgan fingerprint density at radius 2 is 2.21 bits per heavy atom. The third-order valence-corrected chi connectivity index (χ3v) is 6.11.